The number of aryl methyl sites for hydroxylation is 1. The van der Waals surface area contributed by atoms with E-state index in [2.05, 4.69) is 11.9 Å². The van der Waals surface area contributed by atoms with Crippen molar-refractivity contribution in [3.63, 3.8) is 0 Å². The van der Waals surface area contributed by atoms with Gasteiger partial charge in [-0.25, -0.2) is 4.39 Å². The maximum atomic E-state index is 13.9. The van der Waals surface area contributed by atoms with Crippen LogP contribution in [0, 0.1) is 12.7 Å². The molecule has 1 heterocycles. The molecule has 114 valence electrons. The maximum absolute atomic E-state index is 13.9. The quantitative estimate of drug-likeness (QED) is 0.399. The molecule has 1 aliphatic heterocycles. The van der Waals surface area contributed by atoms with Gasteiger partial charge in [-0.1, -0.05) is 23.7 Å². The minimum absolute atomic E-state index is 0.00784. The van der Waals surface area contributed by atoms with Gasteiger partial charge >= 0.3 is 0 Å². The standard InChI is InChI=1S/C15H12ClFN2O2S/c1-3-6-19-14(21)10(13(20)18-15(19)22)7-9-11(17)5-4-8(2)12(9)16/h3-5,7H,1,6H2,2H3,(H,18,20,22)/b10-7+. The molecule has 0 radical (unpaired) electrons. The molecule has 1 fully saturated rings. The second-order valence-corrected chi connectivity index (χ2v) is 5.38. The number of benzene rings is 1. The number of rotatable bonds is 3. The van der Waals surface area contributed by atoms with Crippen LogP contribution in [0.2, 0.25) is 5.02 Å². The predicted molar refractivity (Wildman–Crippen MR) is 86.8 cm³/mol. The van der Waals surface area contributed by atoms with Crippen LogP contribution in [0.3, 0.4) is 0 Å². The first kappa shape index (κ1) is 16.3. The Kier molecular flexibility index (Phi) is 4.73. The lowest BCUT2D eigenvalue weighted by Crippen LogP contribution is -2.53. The summed E-state index contributed by atoms with van der Waals surface area (Å²) in [6, 6.07) is 2.74. The number of hydrogen-bond donors (Lipinski definition) is 1. The van der Waals surface area contributed by atoms with Gasteiger partial charge in [0, 0.05) is 12.1 Å². The Labute approximate surface area is 137 Å². The van der Waals surface area contributed by atoms with Crippen LogP contribution >= 0.6 is 23.8 Å². The molecule has 0 aromatic heterocycles. The summed E-state index contributed by atoms with van der Waals surface area (Å²) in [5, 5.41) is 2.52. The highest BCUT2D eigenvalue weighted by Gasteiger charge is 2.33. The zero-order valence-electron chi connectivity index (χ0n) is 11.7. The molecular weight excluding hydrogens is 327 g/mol. The normalized spacial score (nSPS) is 17.0. The summed E-state index contributed by atoms with van der Waals surface area (Å²) in [6.45, 7) is 5.36. The molecule has 0 atom stereocenters. The average Bonchev–Trinajstić information content (AvgIpc) is 2.46. The molecule has 4 nitrogen and oxygen atoms in total. The molecule has 1 aromatic rings. The Morgan fingerprint density at radius 3 is 2.77 bits per heavy atom. The lowest BCUT2D eigenvalue weighted by atomic mass is 10.0. The van der Waals surface area contributed by atoms with Gasteiger partial charge in [-0.3, -0.25) is 19.8 Å². The van der Waals surface area contributed by atoms with Crippen LogP contribution in [0.15, 0.2) is 30.4 Å². The van der Waals surface area contributed by atoms with Crippen molar-refractivity contribution in [3.05, 3.63) is 52.3 Å². The van der Waals surface area contributed by atoms with E-state index in [0.29, 0.717) is 5.56 Å². The van der Waals surface area contributed by atoms with Crippen LogP contribution in [0.1, 0.15) is 11.1 Å². The largest absolute Gasteiger partial charge is 0.298 e. The number of amides is 2. The highest BCUT2D eigenvalue weighted by atomic mass is 35.5. The first-order valence-corrected chi connectivity index (χ1v) is 7.09. The Bertz CT molecular complexity index is 730. The summed E-state index contributed by atoms with van der Waals surface area (Å²) in [6.07, 6.45) is 2.61. The van der Waals surface area contributed by atoms with Crippen molar-refractivity contribution in [2.45, 2.75) is 6.92 Å². The number of nitrogens with zero attached hydrogens (tertiary/aromatic N) is 1. The number of thiocarbonyl (C=S) groups is 1. The van der Waals surface area contributed by atoms with Gasteiger partial charge in [0.15, 0.2) is 5.11 Å². The van der Waals surface area contributed by atoms with E-state index in [0.717, 1.165) is 11.0 Å². The number of halogens is 2. The third-order valence-electron chi connectivity index (χ3n) is 3.11. The van der Waals surface area contributed by atoms with Gasteiger partial charge in [0.1, 0.15) is 11.4 Å². The molecule has 0 saturated carbocycles. The molecule has 0 aliphatic carbocycles. The Morgan fingerprint density at radius 2 is 2.14 bits per heavy atom. The predicted octanol–water partition coefficient (Wildman–Crippen LogP) is 2.60. The summed E-state index contributed by atoms with van der Waals surface area (Å²) in [5.41, 5.74) is 0.394. The highest BCUT2D eigenvalue weighted by molar-refractivity contribution is 7.80. The van der Waals surface area contributed by atoms with Crippen LogP contribution in [0.25, 0.3) is 6.08 Å². The molecule has 2 amide bonds. The lowest BCUT2D eigenvalue weighted by Gasteiger charge is -2.27. The van der Waals surface area contributed by atoms with Gasteiger partial charge in [0.25, 0.3) is 11.8 Å². The first-order valence-electron chi connectivity index (χ1n) is 6.31. The molecular formula is C15H12ClFN2O2S. The van der Waals surface area contributed by atoms with E-state index >= 15 is 0 Å². The third-order valence-corrected chi connectivity index (χ3v) is 3.93. The number of carbonyl (C=O) groups excluding carboxylic acids is 2. The van der Waals surface area contributed by atoms with Crippen molar-refractivity contribution in [1.29, 1.82) is 0 Å². The van der Waals surface area contributed by atoms with E-state index in [-0.39, 0.29) is 27.8 Å². The minimum Gasteiger partial charge on any atom is -0.298 e. The zero-order valence-corrected chi connectivity index (χ0v) is 13.2. The fourth-order valence-electron chi connectivity index (χ4n) is 1.94. The van der Waals surface area contributed by atoms with E-state index in [4.69, 9.17) is 23.8 Å². The van der Waals surface area contributed by atoms with Crippen molar-refractivity contribution in [3.8, 4) is 0 Å². The van der Waals surface area contributed by atoms with Gasteiger partial charge in [-0.05, 0) is 36.8 Å². The van der Waals surface area contributed by atoms with E-state index < -0.39 is 17.6 Å². The number of nitrogens with one attached hydrogen (secondary N) is 1. The molecule has 1 N–H and O–H groups in total. The van der Waals surface area contributed by atoms with Gasteiger partial charge < -0.3 is 0 Å². The molecule has 2 rings (SSSR count). The van der Waals surface area contributed by atoms with Gasteiger partial charge in [0.2, 0.25) is 0 Å². The number of carbonyl (C=O) groups is 2. The topological polar surface area (TPSA) is 49.4 Å². The average molecular weight is 339 g/mol. The monoisotopic (exact) mass is 338 g/mol. The molecule has 0 spiro atoms. The third kappa shape index (κ3) is 2.93. The maximum Gasteiger partial charge on any atom is 0.265 e. The first-order chi connectivity index (χ1) is 10.4. The summed E-state index contributed by atoms with van der Waals surface area (Å²) in [7, 11) is 0. The van der Waals surface area contributed by atoms with Crippen molar-refractivity contribution in [2.75, 3.05) is 6.54 Å². The second-order valence-electron chi connectivity index (χ2n) is 4.61. The Morgan fingerprint density at radius 1 is 1.45 bits per heavy atom. The van der Waals surface area contributed by atoms with Crippen LogP contribution < -0.4 is 5.32 Å². The fraction of sp³-hybridized carbons (Fsp3) is 0.133. The molecule has 1 aromatic carbocycles. The van der Waals surface area contributed by atoms with Gasteiger partial charge in [-0.15, -0.1) is 6.58 Å². The van der Waals surface area contributed by atoms with Gasteiger partial charge in [-0.2, -0.15) is 0 Å². The van der Waals surface area contributed by atoms with Crippen molar-refractivity contribution in [1.82, 2.24) is 10.2 Å². The molecule has 7 heteroatoms. The summed E-state index contributed by atoms with van der Waals surface area (Å²) in [4.78, 5) is 25.5. The number of hydrogen-bond acceptors (Lipinski definition) is 3. The van der Waals surface area contributed by atoms with Crippen LogP contribution in [0.5, 0.6) is 0 Å². The SMILES string of the molecule is C=CCN1C(=O)/C(=C/c2c(F)ccc(C)c2Cl)C(=O)NC1=S. The molecule has 22 heavy (non-hydrogen) atoms. The Balaban J connectivity index is 2.53. The van der Waals surface area contributed by atoms with Crippen LogP contribution in [-0.4, -0.2) is 28.4 Å². The smallest absolute Gasteiger partial charge is 0.265 e. The van der Waals surface area contributed by atoms with Crippen LogP contribution in [-0.2, 0) is 9.59 Å². The van der Waals surface area contributed by atoms with Crippen molar-refractivity contribution < 1.29 is 14.0 Å². The van der Waals surface area contributed by atoms with E-state index in [1.807, 2.05) is 0 Å². The molecule has 0 unspecified atom stereocenters. The lowest BCUT2D eigenvalue weighted by molar-refractivity contribution is -0.128. The van der Waals surface area contributed by atoms with Crippen molar-refractivity contribution >= 4 is 46.8 Å². The molecule has 1 aliphatic rings. The van der Waals surface area contributed by atoms with E-state index in [1.165, 1.54) is 18.2 Å². The summed E-state index contributed by atoms with van der Waals surface area (Å²) >= 11 is 11.0. The highest BCUT2D eigenvalue weighted by Crippen LogP contribution is 2.26. The second kappa shape index (κ2) is 6.37. The van der Waals surface area contributed by atoms with Crippen molar-refractivity contribution in [2.24, 2.45) is 0 Å². The minimum atomic E-state index is -0.688. The van der Waals surface area contributed by atoms with Gasteiger partial charge in [0.05, 0.1) is 5.02 Å². The van der Waals surface area contributed by atoms with Crippen LogP contribution in [0.4, 0.5) is 4.39 Å². The summed E-state index contributed by atoms with van der Waals surface area (Å²) < 4.78 is 13.9. The molecule has 0 bridgehead atoms. The molecule has 1 saturated heterocycles. The Hall–Kier alpha value is -2.05. The van der Waals surface area contributed by atoms with E-state index in [1.54, 1.807) is 6.92 Å². The summed E-state index contributed by atoms with van der Waals surface area (Å²) in [5.74, 6) is -1.93. The fourth-order valence-corrected chi connectivity index (χ4v) is 2.40. The van der Waals surface area contributed by atoms with E-state index in [9.17, 15) is 14.0 Å². The zero-order chi connectivity index (χ0) is 16.4.